The second kappa shape index (κ2) is 4.80. The van der Waals surface area contributed by atoms with E-state index in [9.17, 15) is 0 Å². The van der Waals surface area contributed by atoms with Crippen molar-refractivity contribution < 1.29 is 19.3 Å². The summed E-state index contributed by atoms with van der Waals surface area (Å²) in [4.78, 5) is 0. The summed E-state index contributed by atoms with van der Waals surface area (Å²) < 4.78 is 16.1. The zero-order valence-corrected chi connectivity index (χ0v) is 9.71. The van der Waals surface area contributed by atoms with Crippen LogP contribution in [0.25, 0.3) is 0 Å². The average Bonchev–Trinajstić information content (AvgIpc) is 2.30. The molecule has 0 bridgehead atoms. The molecule has 0 aromatic heterocycles. The van der Waals surface area contributed by atoms with Gasteiger partial charge in [0.2, 0.25) is 0 Å². The third-order valence-corrected chi connectivity index (χ3v) is 2.74. The van der Waals surface area contributed by atoms with E-state index in [-0.39, 0.29) is 6.61 Å². The minimum absolute atomic E-state index is 0.0341. The maximum atomic E-state index is 8.96. The molecule has 2 rings (SSSR count). The Labute approximate surface area is 98.7 Å². The predicted molar refractivity (Wildman–Crippen MR) is 59.8 cm³/mol. The fraction of sp³-hybridized carbons (Fsp3) is 0.455. The first-order valence-electron chi connectivity index (χ1n) is 5.03. The van der Waals surface area contributed by atoms with E-state index in [1.54, 1.807) is 6.07 Å². The molecule has 5 heteroatoms. The summed E-state index contributed by atoms with van der Waals surface area (Å²) in [5.74, 6) is 1.67. The number of benzene rings is 1. The van der Waals surface area contributed by atoms with Gasteiger partial charge in [-0.2, -0.15) is 0 Å². The maximum absolute atomic E-state index is 8.96. The highest BCUT2D eigenvalue weighted by Crippen LogP contribution is 2.45. The number of aliphatic hydroxyl groups excluding tert-OH is 1. The van der Waals surface area contributed by atoms with Gasteiger partial charge in [0, 0.05) is 12.2 Å². The molecule has 88 valence electrons. The number of hydrogen-bond donors (Lipinski definition) is 1. The van der Waals surface area contributed by atoms with Gasteiger partial charge in [0.05, 0.1) is 7.11 Å². The Morgan fingerprint density at radius 2 is 2.19 bits per heavy atom. The first-order chi connectivity index (χ1) is 7.77. The molecule has 16 heavy (non-hydrogen) atoms. The van der Waals surface area contributed by atoms with Crippen LogP contribution in [0, 0.1) is 0 Å². The van der Waals surface area contributed by atoms with Crippen LogP contribution in [0.15, 0.2) is 6.07 Å². The van der Waals surface area contributed by atoms with Gasteiger partial charge in [-0.25, -0.2) is 0 Å². The van der Waals surface area contributed by atoms with E-state index < -0.39 is 0 Å². The minimum atomic E-state index is 0.0341. The van der Waals surface area contributed by atoms with Crippen LogP contribution in [-0.4, -0.2) is 32.0 Å². The quantitative estimate of drug-likeness (QED) is 0.879. The van der Waals surface area contributed by atoms with Gasteiger partial charge in [-0.1, -0.05) is 11.6 Å². The number of fused-ring (bicyclic) bond motifs is 1. The van der Waals surface area contributed by atoms with Crippen LogP contribution < -0.4 is 14.2 Å². The van der Waals surface area contributed by atoms with Gasteiger partial charge in [0.1, 0.15) is 24.0 Å². The Kier molecular flexibility index (Phi) is 3.41. The van der Waals surface area contributed by atoms with E-state index in [0.29, 0.717) is 41.9 Å². The Morgan fingerprint density at radius 3 is 2.88 bits per heavy atom. The summed E-state index contributed by atoms with van der Waals surface area (Å²) in [5.41, 5.74) is 0.819. The fourth-order valence-electron chi connectivity index (χ4n) is 1.71. The van der Waals surface area contributed by atoms with Gasteiger partial charge in [-0.3, -0.25) is 0 Å². The molecule has 1 heterocycles. The SMILES string of the molecule is COc1c(CCO)cc2c(c1Cl)OCCO2. The summed E-state index contributed by atoms with van der Waals surface area (Å²) in [7, 11) is 1.54. The van der Waals surface area contributed by atoms with Crippen LogP contribution >= 0.6 is 11.6 Å². The molecule has 0 fully saturated rings. The topological polar surface area (TPSA) is 47.9 Å². The van der Waals surface area contributed by atoms with Crippen molar-refractivity contribution in [1.29, 1.82) is 0 Å². The molecule has 0 atom stereocenters. The van der Waals surface area contributed by atoms with Crippen LogP contribution in [0.4, 0.5) is 0 Å². The Hall–Kier alpha value is -1.13. The molecule has 0 saturated heterocycles. The van der Waals surface area contributed by atoms with Crippen LogP contribution in [0.1, 0.15) is 5.56 Å². The summed E-state index contributed by atoms with van der Waals surface area (Å²) in [5, 5.41) is 9.37. The standard InChI is InChI=1S/C11H13ClO4/c1-14-10-7(2-3-13)6-8-11(9(10)12)16-5-4-15-8/h6,13H,2-5H2,1H3. The lowest BCUT2D eigenvalue weighted by atomic mass is 10.1. The van der Waals surface area contributed by atoms with Gasteiger partial charge in [0.25, 0.3) is 0 Å². The molecule has 0 amide bonds. The highest BCUT2D eigenvalue weighted by Gasteiger charge is 2.22. The van der Waals surface area contributed by atoms with E-state index in [2.05, 4.69) is 0 Å². The number of aliphatic hydroxyl groups is 1. The van der Waals surface area contributed by atoms with Crippen molar-refractivity contribution in [3.63, 3.8) is 0 Å². The molecule has 0 saturated carbocycles. The lowest BCUT2D eigenvalue weighted by molar-refractivity contribution is 0.170. The van der Waals surface area contributed by atoms with Gasteiger partial charge < -0.3 is 19.3 Å². The van der Waals surface area contributed by atoms with E-state index in [4.69, 9.17) is 30.9 Å². The third kappa shape index (κ3) is 1.90. The smallest absolute Gasteiger partial charge is 0.183 e. The Morgan fingerprint density at radius 1 is 1.44 bits per heavy atom. The summed E-state index contributed by atoms with van der Waals surface area (Å²) in [6.45, 7) is 1.02. The lowest BCUT2D eigenvalue weighted by Crippen LogP contribution is -2.16. The van der Waals surface area contributed by atoms with Crippen molar-refractivity contribution in [1.82, 2.24) is 0 Å². The van der Waals surface area contributed by atoms with Gasteiger partial charge >= 0.3 is 0 Å². The molecular weight excluding hydrogens is 232 g/mol. The van der Waals surface area contributed by atoms with Crippen LogP contribution in [0.3, 0.4) is 0 Å². The molecule has 4 nitrogen and oxygen atoms in total. The lowest BCUT2D eigenvalue weighted by Gasteiger charge is -2.22. The molecule has 0 spiro atoms. The van der Waals surface area contributed by atoms with E-state index in [1.165, 1.54) is 7.11 Å². The molecular formula is C11H13ClO4. The molecule has 0 aliphatic carbocycles. The van der Waals surface area contributed by atoms with Crippen LogP contribution in [0.5, 0.6) is 17.2 Å². The van der Waals surface area contributed by atoms with Crippen LogP contribution in [0.2, 0.25) is 5.02 Å². The Bertz CT molecular complexity index is 392. The van der Waals surface area contributed by atoms with Crippen molar-refractivity contribution in [3.05, 3.63) is 16.7 Å². The minimum Gasteiger partial charge on any atom is -0.495 e. The van der Waals surface area contributed by atoms with Crippen molar-refractivity contribution >= 4 is 11.6 Å². The first-order valence-corrected chi connectivity index (χ1v) is 5.41. The number of halogens is 1. The fourth-order valence-corrected chi connectivity index (χ4v) is 2.05. The van der Waals surface area contributed by atoms with Gasteiger partial charge in [-0.05, 0) is 12.5 Å². The van der Waals surface area contributed by atoms with E-state index in [1.807, 2.05) is 0 Å². The maximum Gasteiger partial charge on any atom is 0.183 e. The number of ether oxygens (including phenoxy) is 3. The van der Waals surface area contributed by atoms with Crippen molar-refractivity contribution in [3.8, 4) is 17.2 Å². The highest BCUT2D eigenvalue weighted by molar-refractivity contribution is 6.34. The summed E-state index contributed by atoms with van der Waals surface area (Å²) in [6, 6.07) is 1.80. The second-order valence-electron chi connectivity index (χ2n) is 3.38. The van der Waals surface area contributed by atoms with Crippen molar-refractivity contribution in [2.45, 2.75) is 6.42 Å². The molecule has 1 aliphatic rings. The summed E-state index contributed by atoms with van der Waals surface area (Å²) in [6.07, 6.45) is 0.472. The second-order valence-corrected chi connectivity index (χ2v) is 3.76. The first kappa shape index (κ1) is 11.4. The molecule has 1 aliphatic heterocycles. The summed E-state index contributed by atoms with van der Waals surface area (Å²) >= 11 is 6.16. The monoisotopic (exact) mass is 244 g/mol. The molecule has 0 radical (unpaired) electrons. The van der Waals surface area contributed by atoms with Gasteiger partial charge in [0.15, 0.2) is 11.5 Å². The zero-order valence-electron chi connectivity index (χ0n) is 8.96. The van der Waals surface area contributed by atoms with E-state index in [0.717, 1.165) is 5.56 Å². The van der Waals surface area contributed by atoms with Gasteiger partial charge in [-0.15, -0.1) is 0 Å². The predicted octanol–water partition coefficient (Wildman–Crippen LogP) is 1.65. The Balaban J connectivity index is 2.50. The number of rotatable bonds is 3. The largest absolute Gasteiger partial charge is 0.495 e. The zero-order chi connectivity index (χ0) is 11.5. The average molecular weight is 245 g/mol. The third-order valence-electron chi connectivity index (χ3n) is 2.39. The number of hydrogen-bond acceptors (Lipinski definition) is 4. The van der Waals surface area contributed by atoms with Crippen LogP contribution in [-0.2, 0) is 6.42 Å². The van der Waals surface area contributed by atoms with E-state index >= 15 is 0 Å². The number of methoxy groups -OCH3 is 1. The van der Waals surface area contributed by atoms with Crippen molar-refractivity contribution in [2.24, 2.45) is 0 Å². The highest BCUT2D eigenvalue weighted by atomic mass is 35.5. The molecule has 1 N–H and O–H groups in total. The molecule has 0 unspecified atom stereocenters. The molecule has 1 aromatic rings. The normalized spacial score (nSPS) is 13.7. The molecule has 1 aromatic carbocycles. The van der Waals surface area contributed by atoms with Crippen molar-refractivity contribution in [2.75, 3.05) is 26.9 Å².